The topological polar surface area (TPSA) is 44.8 Å². The Hall–Kier alpha value is -1.71. The van der Waals surface area contributed by atoms with Crippen LogP contribution in [0.4, 0.5) is 0 Å². The average molecular weight is 292 g/mol. The molecule has 0 N–H and O–H groups in total. The Morgan fingerprint density at radius 1 is 1.10 bits per heavy atom. The summed E-state index contributed by atoms with van der Waals surface area (Å²) >= 11 is 0. The van der Waals surface area contributed by atoms with Crippen LogP contribution in [-0.4, -0.2) is 12.8 Å². The highest BCUT2D eigenvalue weighted by molar-refractivity contribution is 5.75. The molecule has 0 saturated carbocycles. The molecule has 0 radical (unpaired) electrons. The van der Waals surface area contributed by atoms with Crippen molar-refractivity contribution >= 4 is 5.97 Å². The summed E-state index contributed by atoms with van der Waals surface area (Å²) in [5.41, 5.74) is 0.179. The van der Waals surface area contributed by atoms with Gasteiger partial charge < -0.3 is 14.2 Å². The normalized spacial score (nSPS) is 15.7. The van der Waals surface area contributed by atoms with Gasteiger partial charge in [-0.1, -0.05) is 26.8 Å². The molecule has 4 nitrogen and oxygen atoms in total. The van der Waals surface area contributed by atoms with Crippen molar-refractivity contribution in [2.24, 2.45) is 10.8 Å². The predicted octanol–water partition coefficient (Wildman–Crippen LogP) is 4.09. The van der Waals surface area contributed by atoms with Gasteiger partial charge in [-0.05, 0) is 38.5 Å². The van der Waals surface area contributed by atoms with Crippen molar-refractivity contribution < 1.29 is 19.0 Å². The van der Waals surface area contributed by atoms with E-state index >= 15 is 0 Å². The summed E-state index contributed by atoms with van der Waals surface area (Å²) in [6.45, 7) is 12.0. The second-order valence-corrected chi connectivity index (χ2v) is 7.51. The quantitative estimate of drug-likeness (QED) is 0.770. The van der Waals surface area contributed by atoms with Crippen molar-refractivity contribution in [2.75, 3.05) is 6.79 Å². The van der Waals surface area contributed by atoms with Gasteiger partial charge in [0.2, 0.25) is 6.79 Å². The van der Waals surface area contributed by atoms with Crippen LogP contribution in [-0.2, 0) is 9.53 Å². The third-order valence-electron chi connectivity index (χ3n) is 3.32. The Balaban J connectivity index is 2.31. The Morgan fingerprint density at radius 2 is 1.71 bits per heavy atom. The van der Waals surface area contributed by atoms with Gasteiger partial charge >= 0.3 is 5.97 Å². The van der Waals surface area contributed by atoms with Gasteiger partial charge in [-0.15, -0.1) is 0 Å². The second kappa shape index (κ2) is 5.24. The van der Waals surface area contributed by atoms with E-state index in [0.29, 0.717) is 5.75 Å². The summed E-state index contributed by atoms with van der Waals surface area (Å²) in [6, 6.07) is 5.69. The summed E-state index contributed by atoms with van der Waals surface area (Å²) in [7, 11) is 0. The van der Waals surface area contributed by atoms with Crippen LogP contribution in [0.3, 0.4) is 0 Å². The van der Waals surface area contributed by atoms with Crippen LogP contribution in [0.15, 0.2) is 18.2 Å². The Kier molecular flexibility index (Phi) is 3.91. The van der Waals surface area contributed by atoms with Crippen molar-refractivity contribution in [3.05, 3.63) is 23.8 Å². The summed E-state index contributed by atoms with van der Waals surface area (Å²) < 4.78 is 16.5. The van der Waals surface area contributed by atoms with Crippen molar-refractivity contribution in [3.8, 4) is 11.5 Å². The first kappa shape index (κ1) is 15.7. The zero-order valence-electron chi connectivity index (χ0n) is 13.6. The molecule has 1 unspecified atom stereocenters. The lowest BCUT2D eigenvalue weighted by molar-refractivity contribution is -0.165. The maximum Gasteiger partial charge on any atom is 0.311 e. The minimum atomic E-state index is -0.528. The number of hydrogen-bond acceptors (Lipinski definition) is 4. The molecule has 1 aliphatic heterocycles. The fraction of sp³-hybridized carbons (Fsp3) is 0.588. The van der Waals surface area contributed by atoms with Crippen molar-refractivity contribution in [2.45, 2.75) is 47.6 Å². The van der Waals surface area contributed by atoms with E-state index in [9.17, 15) is 4.79 Å². The van der Waals surface area contributed by atoms with E-state index in [2.05, 4.69) is 20.8 Å². The fourth-order valence-corrected chi connectivity index (χ4v) is 2.10. The third kappa shape index (κ3) is 3.49. The Labute approximate surface area is 126 Å². The molecule has 1 heterocycles. The van der Waals surface area contributed by atoms with Crippen molar-refractivity contribution in [3.63, 3.8) is 0 Å². The van der Waals surface area contributed by atoms with Gasteiger partial charge in [0.25, 0.3) is 0 Å². The van der Waals surface area contributed by atoms with Gasteiger partial charge in [0.1, 0.15) is 6.10 Å². The van der Waals surface area contributed by atoms with Crippen LogP contribution in [0.25, 0.3) is 0 Å². The van der Waals surface area contributed by atoms with Crippen molar-refractivity contribution in [1.29, 1.82) is 0 Å². The Morgan fingerprint density at radius 3 is 2.29 bits per heavy atom. The van der Waals surface area contributed by atoms with E-state index in [1.54, 1.807) is 0 Å². The molecular formula is C17H24O4. The smallest absolute Gasteiger partial charge is 0.311 e. The molecule has 2 rings (SSSR count). The summed E-state index contributed by atoms with van der Waals surface area (Å²) in [6.07, 6.45) is -0.335. The van der Waals surface area contributed by atoms with Crippen LogP contribution in [0, 0.1) is 10.8 Å². The van der Waals surface area contributed by atoms with Crippen LogP contribution in [0.1, 0.15) is 53.2 Å². The van der Waals surface area contributed by atoms with Crippen LogP contribution < -0.4 is 9.47 Å². The lowest BCUT2D eigenvalue weighted by atomic mass is 9.84. The minimum Gasteiger partial charge on any atom is -0.457 e. The third-order valence-corrected chi connectivity index (χ3v) is 3.32. The molecule has 0 aromatic heterocycles. The first-order chi connectivity index (χ1) is 9.59. The second-order valence-electron chi connectivity index (χ2n) is 7.51. The number of rotatable bonds is 2. The molecule has 4 heteroatoms. The molecule has 1 aliphatic rings. The molecule has 1 aromatic carbocycles. The summed E-state index contributed by atoms with van der Waals surface area (Å²) in [4.78, 5) is 12.3. The first-order valence-electron chi connectivity index (χ1n) is 7.19. The fourth-order valence-electron chi connectivity index (χ4n) is 2.10. The highest BCUT2D eigenvalue weighted by Crippen LogP contribution is 2.41. The zero-order valence-corrected chi connectivity index (χ0v) is 13.6. The maximum absolute atomic E-state index is 12.3. The Bertz CT molecular complexity index is 535. The molecule has 0 bridgehead atoms. The van der Waals surface area contributed by atoms with E-state index in [-0.39, 0.29) is 24.3 Å². The molecule has 0 saturated heterocycles. The number of esters is 1. The number of hydrogen-bond donors (Lipinski definition) is 0. The molecule has 0 fully saturated rings. The van der Waals surface area contributed by atoms with E-state index in [0.717, 1.165) is 11.3 Å². The maximum atomic E-state index is 12.3. The molecule has 0 amide bonds. The SMILES string of the molecule is CC(C)(C)C(=O)OC(c1ccc2c(c1)OCO2)C(C)(C)C. The highest BCUT2D eigenvalue weighted by atomic mass is 16.7. The predicted molar refractivity (Wildman–Crippen MR) is 80.3 cm³/mol. The number of carbonyl (C=O) groups excluding carboxylic acids is 1. The first-order valence-corrected chi connectivity index (χ1v) is 7.19. The minimum absolute atomic E-state index is 0.208. The lowest BCUT2D eigenvalue weighted by Gasteiger charge is -2.33. The van der Waals surface area contributed by atoms with E-state index in [1.165, 1.54) is 0 Å². The van der Waals surface area contributed by atoms with E-state index < -0.39 is 5.41 Å². The van der Waals surface area contributed by atoms with Gasteiger partial charge in [-0.25, -0.2) is 0 Å². The average Bonchev–Trinajstić information content (AvgIpc) is 2.79. The molecule has 0 aliphatic carbocycles. The van der Waals surface area contributed by atoms with Crippen LogP contribution in [0.2, 0.25) is 0 Å². The largest absolute Gasteiger partial charge is 0.457 e. The van der Waals surface area contributed by atoms with Crippen LogP contribution in [0.5, 0.6) is 11.5 Å². The molecule has 21 heavy (non-hydrogen) atoms. The van der Waals surface area contributed by atoms with Gasteiger partial charge in [-0.2, -0.15) is 0 Å². The molecular weight excluding hydrogens is 268 g/mol. The number of ether oxygens (including phenoxy) is 3. The molecule has 116 valence electrons. The standard InChI is InChI=1S/C17H24O4/c1-16(2,3)14(21-15(18)17(4,5)6)11-7-8-12-13(9-11)20-10-19-12/h7-9,14H,10H2,1-6H3. The summed E-state index contributed by atoms with van der Waals surface area (Å²) in [5.74, 6) is 1.22. The number of carbonyl (C=O) groups is 1. The van der Waals surface area contributed by atoms with Crippen molar-refractivity contribution in [1.82, 2.24) is 0 Å². The van der Waals surface area contributed by atoms with Crippen LogP contribution >= 0.6 is 0 Å². The van der Waals surface area contributed by atoms with E-state index in [4.69, 9.17) is 14.2 Å². The molecule has 1 aromatic rings. The molecule has 0 spiro atoms. The summed E-state index contributed by atoms with van der Waals surface area (Å²) in [5, 5.41) is 0. The van der Waals surface area contributed by atoms with E-state index in [1.807, 2.05) is 39.0 Å². The zero-order chi connectivity index (χ0) is 15.8. The lowest BCUT2D eigenvalue weighted by Crippen LogP contribution is -2.30. The van der Waals surface area contributed by atoms with Gasteiger partial charge in [0.15, 0.2) is 11.5 Å². The highest BCUT2D eigenvalue weighted by Gasteiger charge is 2.34. The van der Waals surface area contributed by atoms with Gasteiger partial charge in [0, 0.05) is 5.41 Å². The number of fused-ring (bicyclic) bond motifs is 1. The number of benzene rings is 1. The van der Waals surface area contributed by atoms with Gasteiger partial charge in [0.05, 0.1) is 5.41 Å². The monoisotopic (exact) mass is 292 g/mol. The van der Waals surface area contributed by atoms with Gasteiger partial charge in [-0.3, -0.25) is 4.79 Å². The molecule has 1 atom stereocenters.